The maximum atomic E-state index is 13.7. The Bertz CT molecular complexity index is 968. The van der Waals surface area contributed by atoms with Crippen LogP contribution in [-0.2, 0) is 35.7 Å². The Morgan fingerprint density at radius 3 is 2.06 bits per heavy atom. The normalized spacial score (nSPS) is 14.8. The minimum atomic E-state index is -6.92. The minimum absolute atomic E-state index is 0.168. The Labute approximate surface area is 182 Å². The summed E-state index contributed by atoms with van der Waals surface area (Å²) in [6.07, 6.45) is -8.24. The summed E-state index contributed by atoms with van der Waals surface area (Å²) in [6, 6.07) is 7.20. The number of carbonyl (C=O) groups is 2. The Morgan fingerprint density at radius 2 is 1.61 bits per heavy atom. The smallest absolute Gasteiger partial charge is 0.466 e. The molecule has 1 amide bonds. The first-order valence-electron chi connectivity index (χ1n) is 8.50. The van der Waals surface area contributed by atoms with Crippen LogP contribution in [0.25, 0.3) is 0 Å². The van der Waals surface area contributed by atoms with Gasteiger partial charge in [0.25, 0.3) is 0 Å². The standard InChI is InChI=1S/C17H16F7NO7S/c1-2-12(26)32-15(16(20,21)22,13(27)25-10-11-6-4-3-5-7-11)31-9-8-14(18,19)17(23,24)33(28,29)30/h2-7H,1,8-10H2,(H,25,27)(H,28,29,30)/p-1. The monoisotopic (exact) mass is 510 g/mol. The molecule has 0 heterocycles. The van der Waals surface area contributed by atoms with Gasteiger partial charge in [-0.05, 0) is 5.56 Å². The minimum Gasteiger partial charge on any atom is -0.743 e. The molecule has 0 saturated carbocycles. The fourth-order valence-corrected chi connectivity index (χ4v) is 2.61. The number of ether oxygens (including phenoxy) is 2. The zero-order chi connectivity index (χ0) is 25.7. The summed E-state index contributed by atoms with van der Waals surface area (Å²) in [4.78, 5) is 23.7. The summed E-state index contributed by atoms with van der Waals surface area (Å²) in [6.45, 7) is 0.124. The Kier molecular flexibility index (Phi) is 8.62. The molecule has 0 aromatic heterocycles. The topological polar surface area (TPSA) is 122 Å². The maximum Gasteiger partial charge on any atom is 0.466 e. The lowest BCUT2D eigenvalue weighted by Gasteiger charge is -2.34. The third kappa shape index (κ3) is 6.42. The molecule has 1 unspecified atom stereocenters. The van der Waals surface area contributed by atoms with Crippen LogP contribution in [0.3, 0.4) is 0 Å². The lowest BCUT2D eigenvalue weighted by atomic mass is 10.2. The Hall–Kier alpha value is -2.72. The van der Waals surface area contributed by atoms with E-state index in [1.54, 1.807) is 11.4 Å². The fourth-order valence-electron chi connectivity index (χ4n) is 2.14. The van der Waals surface area contributed by atoms with Gasteiger partial charge in [0.2, 0.25) is 0 Å². The lowest BCUT2D eigenvalue weighted by molar-refractivity contribution is -0.349. The van der Waals surface area contributed by atoms with Gasteiger partial charge in [0, 0.05) is 19.0 Å². The number of alkyl halides is 7. The number of benzene rings is 1. The molecule has 33 heavy (non-hydrogen) atoms. The number of esters is 1. The summed E-state index contributed by atoms with van der Waals surface area (Å²) in [7, 11) is -6.92. The first-order chi connectivity index (χ1) is 14.9. The second kappa shape index (κ2) is 10.0. The molecule has 0 aliphatic carbocycles. The summed E-state index contributed by atoms with van der Waals surface area (Å²) in [5.41, 5.74) is 0.254. The molecular weight excluding hydrogens is 495 g/mol. The average molecular weight is 510 g/mol. The van der Waals surface area contributed by atoms with Gasteiger partial charge in [0.05, 0.1) is 6.61 Å². The van der Waals surface area contributed by atoms with E-state index < -0.39 is 64.7 Å². The number of halogens is 7. The van der Waals surface area contributed by atoms with E-state index in [0.717, 1.165) is 0 Å². The van der Waals surface area contributed by atoms with E-state index in [2.05, 4.69) is 16.1 Å². The average Bonchev–Trinajstić information content (AvgIpc) is 2.69. The molecule has 0 aliphatic heterocycles. The van der Waals surface area contributed by atoms with E-state index in [1.807, 2.05) is 0 Å². The van der Waals surface area contributed by atoms with E-state index >= 15 is 0 Å². The molecule has 8 nitrogen and oxygen atoms in total. The third-order valence-electron chi connectivity index (χ3n) is 3.84. The molecule has 16 heteroatoms. The second-order valence-electron chi connectivity index (χ2n) is 6.18. The molecule has 1 aromatic carbocycles. The molecule has 0 radical (unpaired) electrons. The largest absolute Gasteiger partial charge is 0.743 e. The molecule has 0 fully saturated rings. The summed E-state index contributed by atoms with van der Waals surface area (Å²) >= 11 is 0. The fraction of sp³-hybridized carbons (Fsp3) is 0.412. The summed E-state index contributed by atoms with van der Waals surface area (Å²) < 4.78 is 134. The molecule has 0 spiro atoms. The van der Waals surface area contributed by atoms with Crippen LogP contribution in [0.5, 0.6) is 0 Å². The van der Waals surface area contributed by atoms with Crippen molar-refractivity contribution in [2.45, 2.75) is 36.1 Å². The van der Waals surface area contributed by atoms with Gasteiger partial charge >= 0.3 is 35.0 Å². The van der Waals surface area contributed by atoms with Crippen molar-refractivity contribution in [3.63, 3.8) is 0 Å². The third-order valence-corrected chi connectivity index (χ3v) is 4.77. The lowest BCUT2D eigenvalue weighted by Crippen LogP contribution is -2.61. The maximum absolute atomic E-state index is 13.7. The van der Waals surface area contributed by atoms with Crippen molar-refractivity contribution in [2.24, 2.45) is 0 Å². The van der Waals surface area contributed by atoms with Crippen molar-refractivity contribution in [3.05, 3.63) is 48.6 Å². The van der Waals surface area contributed by atoms with Crippen LogP contribution in [-0.4, -0.2) is 54.6 Å². The van der Waals surface area contributed by atoms with Crippen molar-refractivity contribution in [1.29, 1.82) is 0 Å². The summed E-state index contributed by atoms with van der Waals surface area (Å²) in [5.74, 6) is -14.4. The molecule has 1 N–H and O–H groups in total. The number of rotatable bonds is 11. The molecule has 1 aromatic rings. The number of nitrogens with one attached hydrogen (secondary N) is 1. The van der Waals surface area contributed by atoms with E-state index in [9.17, 15) is 53.3 Å². The number of hydrogen-bond acceptors (Lipinski definition) is 7. The first-order valence-corrected chi connectivity index (χ1v) is 9.91. The molecule has 1 atom stereocenters. The van der Waals surface area contributed by atoms with E-state index in [-0.39, 0.29) is 11.6 Å². The number of carbonyl (C=O) groups excluding carboxylic acids is 2. The van der Waals surface area contributed by atoms with Gasteiger partial charge in [0.15, 0.2) is 10.1 Å². The van der Waals surface area contributed by atoms with Crippen LogP contribution >= 0.6 is 0 Å². The van der Waals surface area contributed by atoms with Gasteiger partial charge < -0.3 is 19.3 Å². The van der Waals surface area contributed by atoms with Crippen molar-refractivity contribution in [2.75, 3.05) is 6.61 Å². The zero-order valence-corrected chi connectivity index (χ0v) is 17.0. The van der Waals surface area contributed by atoms with Gasteiger partial charge in [-0.1, -0.05) is 36.9 Å². The predicted molar refractivity (Wildman–Crippen MR) is 93.5 cm³/mol. The predicted octanol–water partition coefficient (Wildman–Crippen LogP) is 2.47. The highest BCUT2D eigenvalue weighted by Crippen LogP contribution is 2.42. The number of amides is 1. The van der Waals surface area contributed by atoms with Crippen molar-refractivity contribution in [3.8, 4) is 0 Å². The van der Waals surface area contributed by atoms with Gasteiger partial charge in [-0.25, -0.2) is 13.2 Å². The highest BCUT2D eigenvalue weighted by Gasteiger charge is 2.67. The van der Waals surface area contributed by atoms with Crippen molar-refractivity contribution < 1.29 is 62.8 Å². The quantitative estimate of drug-likeness (QED) is 0.160. The van der Waals surface area contributed by atoms with Crippen LogP contribution < -0.4 is 5.32 Å². The van der Waals surface area contributed by atoms with E-state index in [0.29, 0.717) is 0 Å². The van der Waals surface area contributed by atoms with Gasteiger partial charge in [-0.15, -0.1) is 0 Å². The molecular formula is C17H15F7NO7S-. The van der Waals surface area contributed by atoms with Crippen LogP contribution in [0.1, 0.15) is 12.0 Å². The van der Waals surface area contributed by atoms with E-state index in [1.165, 1.54) is 24.3 Å². The molecule has 0 aliphatic rings. The van der Waals surface area contributed by atoms with Gasteiger partial charge in [-0.2, -0.15) is 30.7 Å². The highest BCUT2D eigenvalue weighted by molar-refractivity contribution is 7.86. The van der Waals surface area contributed by atoms with E-state index in [4.69, 9.17) is 0 Å². The zero-order valence-electron chi connectivity index (χ0n) is 16.2. The van der Waals surface area contributed by atoms with Crippen LogP contribution in [0, 0.1) is 0 Å². The van der Waals surface area contributed by atoms with Crippen LogP contribution in [0.4, 0.5) is 30.7 Å². The number of hydrogen-bond donors (Lipinski definition) is 1. The first kappa shape index (κ1) is 28.3. The van der Waals surface area contributed by atoms with Gasteiger partial charge in [-0.3, -0.25) is 4.79 Å². The van der Waals surface area contributed by atoms with Gasteiger partial charge in [0.1, 0.15) is 0 Å². The van der Waals surface area contributed by atoms with Crippen LogP contribution in [0.2, 0.25) is 0 Å². The Morgan fingerprint density at radius 1 is 1.06 bits per heavy atom. The van der Waals surface area contributed by atoms with Crippen molar-refractivity contribution in [1.82, 2.24) is 5.32 Å². The molecule has 186 valence electrons. The molecule has 0 bridgehead atoms. The molecule has 1 rings (SSSR count). The Balaban J connectivity index is 3.22. The second-order valence-corrected chi connectivity index (χ2v) is 7.60. The summed E-state index contributed by atoms with van der Waals surface area (Å²) in [5, 5.41) is -4.51. The van der Waals surface area contributed by atoms with Crippen molar-refractivity contribution >= 4 is 22.0 Å². The molecule has 0 saturated heterocycles. The highest BCUT2D eigenvalue weighted by atomic mass is 32.2. The SMILES string of the molecule is C=CC(=O)OC(OCCC(F)(F)C(F)(F)S(=O)(=O)[O-])(C(=O)NCc1ccccc1)C(F)(F)F. The van der Waals surface area contributed by atoms with Crippen LogP contribution in [0.15, 0.2) is 43.0 Å².